The van der Waals surface area contributed by atoms with E-state index >= 15 is 0 Å². The van der Waals surface area contributed by atoms with Crippen LogP contribution in [0.1, 0.15) is 50.1 Å². The summed E-state index contributed by atoms with van der Waals surface area (Å²) in [6.45, 7) is 4.95. The SMILES string of the molecule is CC(C)CCn1c(=O)c2ccccc2n2c(SCc3noc4c3CCCC4)nnc12. The fourth-order valence-electron chi connectivity index (χ4n) is 4.11. The third-order valence-corrected chi connectivity index (χ3v) is 6.72. The number of fused-ring (bicyclic) bond motifs is 4. The Hall–Kier alpha value is -2.61. The Labute approximate surface area is 178 Å². The molecule has 1 aromatic carbocycles. The second kappa shape index (κ2) is 7.91. The van der Waals surface area contributed by atoms with E-state index in [9.17, 15) is 4.79 Å². The lowest BCUT2D eigenvalue weighted by Gasteiger charge is -2.12. The summed E-state index contributed by atoms with van der Waals surface area (Å²) in [5.74, 6) is 2.82. The van der Waals surface area contributed by atoms with Crippen LogP contribution in [-0.4, -0.2) is 24.3 Å². The van der Waals surface area contributed by atoms with Gasteiger partial charge in [0.1, 0.15) is 5.76 Å². The number of aromatic nitrogens is 5. The predicted octanol–water partition coefficient (Wildman–Crippen LogP) is 4.25. The first-order valence-corrected chi connectivity index (χ1v) is 11.6. The maximum absolute atomic E-state index is 13.1. The minimum Gasteiger partial charge on any atom is -0.361 e. The van der Waals surface area contributed by atoms with E-state index in [2.05, 4.69) is 29.2 Å². The van der Waals surface area contributed by atoms with Gasteiger partial charge in [-0.2, -0.15) is 0 Å². The molecule has 1 aliphatic carbocycles. The number of nitrogens with zero attached hydrogens (tertiary/aromatic N) is 5. The Morgan fingerprint density at radius 2 is 2.00 bits per heavy atom. The average Bonchev–Trinajstić information content (AvgIpc) is 3.36. The van der Waals surface area contributed by atoms with Crippen molar-refractivity contribution in [2.45, 2.75) is 63.4 Å². The minimum atomic E-state index is -0.00623. The molecule has 4 aromatic rings. The van der Waals surface area contributed by atoms with Gasteiger partial charge in [-0.1, -0.05) is 42.9 Å². The lowest BCUT2D eigenvalue weighted by atomic mass is 9.97. The second-order valence-corrected chi connectivity index (χ2v) is 9.24. The van der Waals surface area contributed by atoms with Crippen LogP contribution in [0.5, 0.6) is 0 Å². The average molecular weight is 424 g/mol. The quantitative estimate of drug-likeness (QED) is 0.432. The maximum Gasteiger partial charge on any atom is 0.262 e. The summed E-state index contributed by atoms with van der Waals surface area (Å²) in [6, 6.07) is 7.69. The van der Waals surface area contributed by atoms with Crippen molar-refractivity contribution in [1.29, 1.82) is 0 Å². The van der Waals surface area contributed by atoms with Crippen molar-refractivity contribution in [2.75, 3.05) is 0 Å². The van der Waals surface area contributed by atoms with Crippen molar-refractivity contribution < 1.29 is 4.52 Å². The highest BCUT2D eigenvalue weighted by Gasteiger charge is 2.21. The number of para-hydroxylation sites is 1. The van der Waals surface area contributed by atoms with Crippen molar-refractivity contribution in [3.05, 3.63) is 51.6 Å². The summed E-state index contributed by atoms with van der Waals surface area (Å²) in [6.07, 6.45) is 5.28. The number of aryl methyl sites for hydroxylation is 2. The molecule has 0 radical (unpaired) electrons. The van der Waals surface area contributed by atoms with Crippen LogP contribution >= 0.6 is 11.8 Å². The van der Waals surface area contributed by atoms with Gasteiger partial charge in [-0.15, -0.1) is 10.2 Å². The van der Waals surface area contributed by atoms with Gasteiger partial charge in [0.05, 0.1) is 16.6 Å². The molecule has 1 aliphatic rings. The standard InChI is InChI=1S/C22H25N5O2S/c1-14(2)11-12-26-20(28)16-8-3-5-9-18(16)27-21(26)23-24-22(27)30-13-17-15-7-4-6-10-19(15)29-25-17/h3,5,8-9,14H,4,6-7,10-13H2,1-2H3. The van der Waals surface area contributed by atoms with Gasteiger partial charge >= 0.3 is 0 Å². The Balaban J connectivity index is 1.56. The molecule has 3 heterocycles. The molecule has 0 amide bonds. The van der Waals surface area contributed by atoms with E-state index in [4.69, 9.17) is 4.52 Å². The third kappa shape index (κ3) is 3.33. The van der Waals surface area contributed by atoms with E-state index in [1.807, 2.05) is 28.7 Å². The molecule has 0 aliphatic heterocycles. The predicted molar refractivity (Wildman–Crippen MR) is 117 cm³/mol. The first-order valence-electron chi connectivity index (χ1n) is 10.6. The van der Waals surface area contributed by atoms with Crippen LogP contribution in [0, 0.1) is 5.92 Å². The second-order valence-electron chi connectivity index (χ2n) is 8.30. The van der Waals surface area contributed by atoms with Crippen LogP contribution in [0.4, 0.5) is 0 Å². The Morgan fingerprint density at radius 1 is 1.17 bits per heavy atom. The molecule has 3 aromatic heterocycles. The third-order valence-electron chi connectivity index (χ3n) is 5.78. The van der Waals surface area contributed by atoms with Gasteiger partial charge in [0.2, 0.25) is 5.78 Å². The lowest BCUT2D eigenvalue weighted by Crippen LogP contribution is -2.24. The van der Waals surface area contributed by atoms with Crippen molar-refractivity contribution in [3.63, 3.8) is 0 Å². The van der Waals surface area contributed by atoms with Crippen LogP contribution in [-0.2, 0) is 25.1 Å². The normalized spacial score (nSPS) is 14.1. The molecule has 0 saturated carbocycles. The maximum atomic E-state index is 13.1. The molecule has 0 spiro atoms. The molecular weight excluding hydrogens is 398 g/mol. The number of hydrogen-bond donors (Lipinski definition) is 0. The van der Waals surface area contributed by atoms with E-state index in [1.54, 1.807) is 16.3 Å². The van der Waals surface area contributed by atoms with Gasteiger partial charge < -0.3 is 4.52 Å². The molecule has 30 heavy (non-hydrogen) atoms. The number of benzene rings is 1. The molecule has 0 atom stereocenters. The van der Waals surface area contributed by atoms with Crippen molar-refractivity contribution in [2.24, 2.45) is 5.92 Å². The topological polar surface area (TPSA) is 78.2 Å². The number of rotatable bonds is 6. The fourth-order valence-corrected chi connectivity index (χ4v) is 5.01. The van der Waals surface area contributed by atoms with E-state index < -0.39 is 0 Å². The Kier molecular flexibility index (Phi) is 5.10. The minimum absolute atomic E-state index is 0.00623. The van der Waals surface area contributed by atoms with Crippen LogP contribution in [0.2, 0.25) is 0 Å². The molecule has 5 rings (SSSR count). The zero-order chi connectivity index (χ0) is 20.7. The first kappa shape index (κ1) is 19.4. The van der Waals surface area contributed by atoms with Gasteiger partial charge in [-0.25, -0.2) is 0 Å². The van der Waals surface area contributed by atoms with Crippen LogP contribution in [0.25, 0.3) is 16.7 Å². The molecule has 0 N–H and O–H groups in total. The van der Waals surface area contributed by atoms with E-state index in [0.29, 0.717) is 29.4 Å². The summed E-state index contributed by atoms with van der Waals surface area (Å²) in [5, 5.41) is 14.6. The molecular formula is C22H25N5O2S. The van der Waals surface area contributed by atoms with Gasteiger partial charge in [0.25, 0.3) is 5.56 Å². The largest absolute Gasteiger partial charge is 0.361 e. The zero-order valence-corrected chi connectivity index (χ0v) is 18.1. The summed E-state index contributed by atoms with van der Waals surface area (Å²) >= 11 is 1.59. The molecule has 0 fully saturated rings. The summed E-state index contributed by atoms with van der Waals surface area (Å²) < 4.78 is 9.32. The fraction of sp³-hybridized carbons (Fsp3) is 0.455. The smallest absolute Gasteiger partial charge is 0.262 e. The molecule has 0 saturated heterocycles. The highest BCUT2D eigenvalue weighted by molar-refractivity contribution is 7.98. The first-order chi connectivity index (χ1) is 14.6. The molecule has 156 valence electrons. The highest BCUT2D eigenvalue weighted by Crippen LogP contribution is 2.30. The van der Waals surface area contributed by atoms with E-state index in [-0.39, 0.29) is 5.56 Å². The Bertz CT molecular complexity index is 1270. The van der Waals surface area contributed by atoms with Crippen LogP contribution in [0.3, 0.4) is 0 Å². The van der Waals surface area contributed by atoms with Crippen molar-refractivity contribution >= 4 is 28.4 Å². The van der Waals surface area contributed by atoms with E-state index in [0.717, 1.165) is 41.4 Å². The van der Waals surface area contributed by atoms with Crippen LogP contribution < -0.4 is 5.56 Å². The zero-order valence-electron chi connectivity index (χ0n) is 17.3. The molecule has 8 heteroatoms. The summed E-state index contributed by atoms with van der Waals surface area (Å²) in [5.41, 5.74) is 3.10. The number of thioether (sulfide) groups is 1. The van der Waals surface area contributed by atoms with Crippen LogP contribution in [0.15, 0.2) is 38.7 Å². The molecule has 0 unspecified atom stereocenters. The lowest BCUT2D eigenvalue weighted by molar-refractivity contribution is 0.369. The van der Waals surface area contributed by atoms with E-state index in [1.165, 1.54) is 18.4 Å². The van der Waals surface area contributed by atoms with Gasteiger partial charge in [-0.05, 0) is 43.7 Å². The van der Waals surface area contributed by atoms with Crippen molar-refractivity contribution in [3.8, 4) is 0 Å². The van der Waals surface area contributed by atoms with Gasteiger partial charge in [-0.3, -0.25) is 13.8 Å². The summed E-state index contributed by atoms with van der Waals surface area (Å²) in [4.78, 5) is 13.1. The van der Waals surface area contributed by atoms with Gasteiger partial charge in [0.15, 0.2) is 5.16 Å². The highest BCUT2D eigenvalue weighted by atomic mass is 32.2. The Morgan fingerprint density at radius 3 is 2.87 bits per heavy atom. The summed E-state index contributed by atoms with van der Waals surface area (Å²) in [7, 11) is 0. The molecule has 7 nitrogen and oxygen atoms in total. The van der Waals surface area contributed by atoms with Gasteiger partial charge in [0, 0.05) is 24.3 Å². The molecule has 0 bridgehead atoms. The number of hydrogen-bond acceptors (Lipinski definition) is 6. The van der Waals surface area contributed by atoms with Crippen molar-refractivity contribution in [1.82, 2.24) is 24.3 Å². The monoisotopic (exact) mass is 423 g/mol.